The number of aryl methyl sites for hydroxylation is 2. The first-order chi connectivity index (χ1) is 10.2. The molecule has 0 aliphatic rings. The van der Waals surface area contributed by atoms with Gasteiger partial charge in [0.15, 0.2) is 8.32 Å². The van der Waals surface area contributed by atoms with Gasteiger partial charge in [-0.15, -0.1) is 0 Å². The van der Waals surface area contributed by atoms with Gasteiger partial charge in [0, 0.05) is 13.2 Å². The van der Waals surface area contributed by atoms with Crippen LogP contribution in [-0.2, 0) is 17.4 Å². The average molecular weight is 319 g/mol. The quantitative estimate of drug-likeness (QED) is 0.553. The minimum atomic E-state index is -1.60. The molecule has 0 aliphatic heterocycles. The van der Waals surface area contributed by atoms with E-state index in [1.54, 1.807) is 0 Å². The summed E-state index contributed by atoms with van der Waals surface area (Å²) in [5.41, 5.74) is 3.70. The van der Waals surface area contributed by atoms with Gasteiger partial charge in [-0.2, -0.15) is 0 Å². The maximum Gasteiger partial charge on any atom is 0.191 e. The lowest BCUT2D eigenvalue weighted by atomic mass is 10.1. The van der Waals surface area contributed by atoms with Crippen LogP contribution in [0.5, 0.6) is 0 Å². The number of hydrogen-bond acceptors (Lipinski definition) is 2. The molecule has 0 saturated carbocycles. The summed E-state index contributed by atoms with van der Waals surface area (Å²) >= 11 is 0. The van der Waals surface area contributed by atoms with Crippen molar-refractivity contribution in [1.82, 2.24) is 9.55 Å². The third-order valence-corrected chi connectivity index (χ3v) is 9.44. The highest BCUT2D eigenvalue weighted by Gasteiger charge is 2.36. The van der Waals surface area contributed by atoms with Crippen LogP contribution in [0.2, 0.25) is 18.1 Å². The number of nitrogens with zero attached hydrogens (tertiary/aromatic N) is 2. The van der Waals surface area contributed by atoms with Gasteiger partial charge in [0.1, 0.15) is 0 Å². The Hall–Kier alpha value is -1.13. The topological polar surface area (TPSA) is 27.1 Å². The zero-order valence-corrected chi connectivity index (χ0v) is 15.9. The van der Waals surface area contributed by atoms with Crippen molar-refractivity contribution in [3.8, 4) is 0 Å². The van der Waals surface area contributed by atoms with Crippen LogP contribution >= 0.6 is 0 Å². The van der Waals surface area contributed by atoms with Crippen LogP contribution in [0.1, 0.15) is 39.7 Å². The van der Waals surface area contributed by atoms with E-state index in [9.17, 15) is 0 Å². The molecule has 0 bridgehead atoms. The zero-order chi connectivity index (χ0) is 16.4. The van der Waals surface area contributed by atoms with E-state index in [1.807, 2.05) is 6.33 Å². The van der Waals surface area contributed by atoms with Crippen LogP contribution in [0.15, 0.2) is 24.5 Å². The fourth-order valence-electron chi connectivity index (χ4n) is 2.33. The van der Waals surface area contributed by atoms with Crippen LogP contribution in [0, 0.1) is 0 Å². The molecule has 122 valence electrons. The van der Waals surface area contributed by atoms with E-state index in [-0.39, 0.29) is 0 Å². The highest BCUT2D eigenvalue weighted by atomic mass is 28.4. The summed E-state index contributed by atoms with van der Waals surface area (Å²) in [6.45, 7) is 15.5. The van der Waals surface area contributed by atoms with Gasteiger partial charge in [-0.25, -0.2) is 4.98 Å². The van der Waals surface area contributed by atoms with Gasteiger partial charge >= 0.3 is 0 Å². The Bertz CT molecular complexity index is 626. The SMILES string of the molecule is CCn1cnc2ccc(CCCO[Si](C)(C)C(C)(C)C)cc21. The average Bonchev–Trinajstić information content (AvgIpc) is 2.84. The lowest BCUT2D eigenvalue weighted by Gasteiger charge is -2.36. The monoisotopic (exact) mass is 318 g/mol. The third kappa shape index (κ3) is 3.79. The van der Waals surface area contributed by atoms with E-state index < -0.39 is 8.32 Å². The molecule has 1 heterocycles. The van der Waals surface area contributed by atoms with E-state index >= 15 is 0 Å². The van der Waals surface area contributed by atoms with Gasteiger partial charge in [-0.1, -0.05) is 26.8 Å². The summed E-state index contributed by atoms with van der Waals surface area (Å²) in [4.78, 5) is 4.43. The van der Waals surface area contributed by atoms with Crippen molar-refractivity contribution in [2.45, 2.75) is 65.2 Å². The summed E-state index contributed by atoms with van der Waals surface area (Å²) in [6.07, 6.45) is 4.08. The summed E-state index contributed by atoms with van der Waals surface area (Å²) in [5.74, 6) is 0. The molecule has 0 saturated heterocycles. The Balaban J connectivity index is 1.92. The van der Waals surface area contributed by atoms with Crippen molar-refractivity contribution in [1.29, 1.82) is 0 Å². The normalized spacial score (nSPS) is 13.0. The highest BCUT2D eigenvalue weighted by Crippen LogP contribution is 2.36. The van der Waals surface area contributed by atoms with Crippen molar-refractivity contribution < 1.29 is 4.43 Å². The number of fused-ring (bicyclic) bond motifs is 1. The first-order valence-electron chi connectivity index (χ1n) is 8.32. The van der Waals surface area contributed by atoms with E-state index in [4.69, 9.17) is 4.43 Å². The molecule has 0 amide bonds. The molecule has 0 atom stereocenters. The predicted molar refractivity (Wildman–Crippen MR) is 96.9 cm³/mol. The molecule has 4 heteroatoms. The minimum absolute atomic E-state index is 0.291. The van der Waals surface area contributed by atoms with Crippen LogP contribution < -0.4 is 0 Å². The Labute approximate surface area is 135 Å². The van der Waals surface area contributed by atoms with Crippen molar-refractivity contribution in [3.05, 3.63) is 30.1 Å². The molecule has 2 rings (SSSR count). The van der Waals surface area contributed by atoms with Crippen LogP contribution in [0.25, 0.3) is 11.0 Å². The van der Waals surface area contributed by atoms with Crippen molar-refractivity contribution in [3.63, 3.8) is 0 Å². The number of imidazole rings is 1. The molecule has 3 nitrogen and oxygen atoms in total. The number of benzene rings is 1. The largest absolute Gasteiger partial charge is 0.417 e. The zero-order valence-electron chi connectivity index (χ0n) is 14.9. The molecular weight excluding hydrogens is 288 g/mol. The highest BCUT2D eigenvalue weighted by molar-refractivity contribution is 6.74. The van der Waals surface area contributed by atoms with Gasteiger partial charge in [-0.05, 0) is 55.6 Å². The van der Waals surface area contributed by atoms with Crippen molar-refractivity contribution >= 4 is 19.4 Å². The fraction of sp³-hybridized carbons (Fsp3) is 0.611. The first kappa shape index (κ1) is 17.2. The van der Waals surface area contributed by atoms with E-state index in [2.05, 4.69) is 68.5 Å². The summed E-state index contributed by atoms with van der Waals surface area (Å²) < 4.78 is 8.45. The Morgan fingerprint density at radius 1 is 1.23 bits per heavy atom. The predicted octanol–water partition coefficient (Wildman–Crippen LogP) is 5.01. The molecule has 2 aromatic rings. The summed E-state index contributed by atoms with van der Waals surface area (Å²) in [5, 5.41) is 0.291. The fourth-order valence-corrected chi connectivity index (χ4v) is 3.42. The Morgan fingerprint density at radius 3 is 2.59 bits per heavy atom. The lowest BCUT2D eigenvalue weighted by molar-refractivity contribution is 0.282. The summed E-state index contributed by atoms with van der Waals surface area (Å²) in [7, 11) is -1.60. The van der Waals surface area contributed by atoms with E-state index in [0.29, 0.717) is 5.04 Å². The van der Waals surface area contributed by atoms with Crippen molar-refractivity contribution in [2.75, 3.05) is 6.61 Å². The molecular formula is C18H30N2OSi. The van der Waals surface area contributed by atoms with Crippen LogP contribution in [-0.4, -0.2) is 24.5 Å². The van der Waals surface area contributed by atoms with Gasteiger partial charge in [0.25, 0.3) is 0 Å². The molecule has 0 unspecified atom stereocenters. The smallest absolute Gasteiger partial charge is 0.191 e. The van der Waals surface area contributed by atoms with Crippen molar-refractivity contribution in [2.24, 2.45) is 0 Å². The number of rotatable bonds is 6. The van der Waals surface area contributed by atoms with E-state index in [1.165, 1.54) is 11.1 Å². The Kier molecular flexibility index (Phi) is 5.13. The number of hydrogen-bond donors (Lipinski definition) is 0. The standard InChI is InChI=1S/C18H30N2OSi/c1-7-20-14-19-16-11-10-15(13-17(16)20)9-8-12-21-22(5,6)18(2,3)4/h10-11,13-14H,7-9,12H2,1-6H3. The lowest BCUT2D eigenvalue weighted by Crippen LogP contribution is -2.41. The molecule has 0 radical (unpaired) electrons. The van der Waals surface area contributed by atoms with E-state index in [0.717, 1.165) is 31.5 Å². The second kappa shape index (κ2) is 6.55. The minimum Gasteiger partial charge on any atom is -0.417 e. The van der Waals surface area contributed by atoms with Crippen LogP contribution in [0.4, 0.5) is 0 Å². The summed E-state index contributed by atoms with van der Waals surface area (Å²) in [6, 6.07) is 6.60. The molecule has 0 fully saturated rings. The third-order valence-electron chi connectivity index (χ3n) is 4.91. The maximum absolute atomic E-state index is 6.25. The second-order valence-electron chi connectivity index (χ2n) is 7.57. The van der Waals surface area contributed by atoms with Gasteiger partial charge in [-0.3, -0.25) is 0 Å². The molecule has 0 aliphatic carbocycles. The number of aromatic nitrogens is 2. The van der Waals surface area contributed by atoms with Crippen LogP contribution in [0.3, 0.4) is 0 Å². The first-order valence-corrected chi connectivity index (χ1v) is 11.2. The molecule has 0 N–H and O–H groups in total. The van der Waals surface area contributed by atoms with Gasteiger partial charge < -0.3 is 8.99 Å². The molecule has 22 heavy (non-hydrogen) atoms. The van der Waals surface area contributed by atoms with Gasteiger partial charge in [0.2, 0.25) is 0 Å². The maximum atomic E-state index is 6.25. The van der Waals surface area contributed by atoms with Gasteiger partial charge in [0.05, 0.1) is 17.4 Å². The molecule has 1 aromatic heterocycles. The molecule has 1 aromatic carbocycles. The molecule has 0 spiro atoms. The Morgan fingerprint density at radius 2 is 1.95 bits per heavy atom. The second-order valence-corrected chi connectivity index (χ2v) is 12.4.